The monoisotopic (exact) mass is 323 g/mol. The molecule has 0 bridgehead atoms. The third-order valence-corrected chi connectivity index (χ3v) is 6.12. The number of fused-ring (bicyclic) bond motifs is 5. The minimum atomic E-state index is -0.439. The second-order valence-electron chi connectivity index (χ2n) is 7.14. The molecule has 1 aliphatic heterocycles. The van der Waals surface area contributed by atoms with E-state index in [1.54, 1.807) is 7.11 Å². The van der Waals surface area contributed by atoms with Crippen molar-refractivity contribution in [3.8, 4) is 5.75 Å². The molecule has 124 valence electrons. The fourth-order valence-corrected chi connectivity index (χ4v) is 4.79. The first-order chi connectivity index (χ1) is 11.7. The maximum Gasteiger partial charge on any atom is 0.178 e. The lowest BCUT2D eigenvalue weighted by atomic mass is 9.73. The van der Waals surface area contributed by atoms with Crippen molar-refractivity contribution in [3.63, 3.8) is 0 Å². The zero-order chi connectivity index (χ0) is 16.4. The van der Waals surface area contributed by atoms with Crippen molar-refractivity contribution in [2.75, 3.05) is 20.3 Å². The Hall–Kier alpha value is -1.91. The van der Waals surface area contributed by atoms with Crippen molar-refractivity contribution in [1.29, 1.82) is 0 Å². The molecule has 24 heavy (non-hydrogen) atoms. The normalized spacial score (nSPS) is 27.2. The van der Waals surface area contributed by atoms with Gasteiger partial charge in [-0.1, -0.05) is 13.0 Å². The van der Waals surface area contributed by atoms with Gasteiger partial charge in [0.25, 0.3) is 0 Å². The SMILES string of the molecule is COc1ccc2c3c(cnc2c1)=C1CCC2(OCCO2)C1(C)CC=3. The molecule has 2 aromatic rings. The van der Waals surface area contributed by atoms with Gasteiger partial charge in [-0.3, -0.25) is 4.98 Å². The van der Waals surface area contributed by atoms with Crippen molar-refractivity contribution < 1.29 is 14.2 Å². The predicted octanol–water partition coefficient (Wildman–Crippen LogP) is 2.12. The molecule has 0 amide bonds. The van der Waals surface area contributed by atoms with Gasteiger partial charge in [0.05, 0.1) is 25.8 Å². The number of aromatic nitrogens is 1. The van der Waals surface area contributed by atoms with Crippen LogP contribution in [0.15, 0.2) is 24.4 Å². The molecule has 0 radical (unpaired) electrons. The molecular weight excluding hydrogens is 302 g/mol. The Balaban J connectivity index is 1.78. The zero-order valence-electron chi connectivity index (χ0n) is 14.1. The Bertz CT molecular complexity index is 959. The summed E-state index contributed by atoms with van der Waals surface area (Å²) in [7, 11) is 1.69. The first kappa shape index (κ1) is 14.4. The van der Waals surface area contributed by atoms with Crippen LogP contribution in [0.4, 0.5) is 0 Å². The number of pyridine rings is 1. The van der Waals surface area contributed by atoms with E-state index in [1.807, 2.05) is 18.3 Å². The van der Waals surface area contributed by atoms with Crippen molar-refractivity contribution in [2.45, 2.75) is 32.0 Å². The number of nitrogens with zero attached hydrogens (tertiary/aromatic N) is 1. The highest BCUT2D eigenvalue weighted by atomic mass is 16.7. The smallest absolute Gasteiger partial charge is 0.178 e. The average molecular weight is 323 g/mol. The highest BCUT2D eigenvalue weighted by molar-refractivity contribution is 5.83. The zero-order valence-corrected chi connectivity index (χ0v) is 14.1. The summed E-state index contributed by atoms with van der Waals surface area (Å²) in [4.78, 5) is 4.71. The molecule has 4 heteroatoms. The van der Waals surface area contributed by atoms with Crippen LogP contribution in [0.2, 0.25) is 0 Å². The summed E-state index contributed by atoms with van der Waals surface area (Å²) < 4.78 is 17.5. The molecule has 3 aliphatic rings. The van der Waals surface area contributed by atoms with Crippen LogP contribution in [0, 0.1) is 5.41 Å². The van der Waals surface area contributed by atoms with Crippen molar-refractivity contribution >= 4 is 22.6 Å². The van der Waals surface area contributed by atoms with E-state index < -0.39 is 5.79 Å². The third-order valence-electron chi connectivity index (χ3n) is 6.12. The van der Waals surface area contributed by atoms with Gasteiger partial charge in [0.2, 0.25) is 0 Å². The Morgan fingerprint density at radius 3 is 2.83 bits per heavy atom. The molecule has 2 heterocycles. The maximum absolute atomic E-state index is 6.11. The van der Waals surface area contributed by atoms with E-state index in [-0.39, 0.29) is 5.41 Å². The molecule has 1 spiro atoms. The fourth-order valence-electron chi connectivity index (χ4n) is 4.79. The molecule has 2 fully saturated rings. The van der Waals surface area contributed by atoms with E-state index in [9.17, 15) is 0 Å². The van der Waals surface area contributed by atoms with Gasteiger partial charge in [-0.15, -0.1) is 0 Å². The van der Waals surface area contributed by atoms with Gasteiger partial charge in [0.15, 0.2) is 5.79 Å². The predicted molar refractivity (Wildman–Crippen MR) is 92.0 cm³/mol. The van der Waals surface area contributed by atoms with Crippen LogP contribution in [-0.4, -0.2) is 31.1 Å². The topological polar surface area (TPSA) is 40.6 Å². The lowest BCUT2D eigenvalue weighted by Crippen LogP contribution is -2.48. The van der Waals surface area contributed by atoms with Crippen LogP contribution in [0.3, 0.4) is 0 Å². The van der Waals surface area contributed by atoms with Crippen LogP contribution in [0.5, 0.6) is 5.75 Å². The minimum absolute atomic E-state index is 0.0850. The Kier molecular flexibility index (Phi) is 2.89. The minimum Gasteiger partial charge on any atom is -0.497 e. The molecule has 5 rings (SSSR count). The summed E-state index contributed by atoms with van der Waals surface area (Å²) in [6.07, 6.45) is 7.26. The second kappa shape index (κ2) is 4.80. The van der Waals surface area contributed by atoms with Gasteiger partial charge < -0.3 is 14.2 Å². The summed E-state index contributed by atoms with van der Waals surface area (Å²) in [6, 6.07) is 6.13. The highest BCUT2D eigenvalue weighted by Crippen LogP contribution is 2.57. The third kappa shape index (κ3) is 1.68. The van der Waals surface area contributed by atoms with E-state index in [0.29, 0.717) is 13.2 Å². The number of benzene rings is 1. The summed E-state index contributed by atoms with van der Waals surface area (Å²) in [5, 5.41) is 3.75. The number of hydrogen-bond donors (Lipinski definition) is 0. The number of hydrogen-bond acceptors (Lipinski definition) is 4. The summed E-state index contributed by atoms with van der Waals surface area (Å²) in [5.74, 6) is 0.404. The first-order valence-electron chi connectivity index (χ1n) is 8.61. The quantitative estimate of drug-likeness (QED) is 0.806. The van der Waals surface area contributed by atoms with Crippen molar-refractivity contribution in [3.05, 3.63) is 34.8 Å². The van der Waals surface area contributed by atoms with Gasteiger partial charge in [0.1, 0.15) is 5.75 Å². The van der Waals surface area contributed by atoms with E-state index in [1.165, 1.54) is 21.4 Å². The molecular formula is C20H21NO3. The summed E-state index contributed by atoms with van der Waals surface area (Å²) in [5.41, 5.74) is 2.33. The first-order valence-corrected chi connectivity index (χ1v) is 8.61. The number of methoxy groups -OCH3 is 1. The molecule has 4 nitrogen and oxygen atoms in total. The molecule has 1 aromatic heterocycles. The van der Waals surface area contributed by atoms with Crippen LogP contribution >= 0.6 is 0 Å². The van der Waals surface area contributed by atoms with Crippen molar-refractivity contribution in [1.82, 2.24) is 4.98 Å². The van der Waals surface area contributed by atoms with Gasteiger partial charge in [-0.05, 0) is 35.8 Å². The summed E-state index contributed by atoms with van der Waals surface area (Å²) >= 11 is 0. The Morgan fingerprint density at radius 2 is 2.04 bits per heavy atom. The van der Waals surface area contributed by atoms with Crippen LogP contribution in [-0.2, 0) is 9.47 Å². The molecule has 1 saturated heterocycles. The van der Waals surface area contributed by atoms with Crippen LogP contribution in [0.1, 0.15) is 26.2 Å². The molecule has 1 saturated carbocycles. The standard InChI is InChI=1S/C20H21NO3/c1-19-7-5-14-15-4-3-13(22-2)11-18(15)21-12-16(14)17(19)6-8-20(19)23-9-10-24-20/h3-5,11-12H,6-10H2,1-2H3. The molecule has 2 aliphatic carbocycles. The second-order valence-corrected chi connectivity index (χ2v) is 7.14. The van der Waals surface area contributed by atoms with Gasteiger partial charge in [-0.25, -0.2) is 0 Å². The van der Waals surface area contributed by atoms with Gasteiger partial charge >= 0.3 is 0 Å². The van der Waals surface area contributed by atoms with Crippen LogP contribution in [0.25, 0.3) is 22.6 Å². The molecule has 1 atom stereocenters. The van der Waals surface area contributed by atoms with E-state index in [4.69, 9.17) is 19.2 Å². The van der Waals surface area contributed by atoms with Crippen molar-refractivity contribution in [2.24, 2.45) is 5.41 Å². The van der Waals surface area contributed by atoms with Gasteiger partial charge in [0, 0.05) is 34.7 Å². The molecule has 0 N–H and O–H groups in total. The highest BCUT2D eigenvalue weighted by Gasteiger charge is 2.59. The summed E-state index contributed by atoms with van der Waals surface area (Å²) in [6.45, 7) is 3.69. The average Bonchev–Trinajstić information content (AvgIpc) is 3.21. The Morgan fingerprint density at radius 1 is 1.21 bits per heavy atom. The largest absolute Gasteiger partial charge is 0.497 e. The Labute approximate surface area is 140 Å². The van der Waals surface area contributed by atoms with E-state index >= 15 is 0 Å². The number of rotatable bonds is 1. The lowest BCUT2D eigenvalue weighted by molar-refractivity contribution is -0.203. The van der Waals surface area contributed by atoms with Gasteiger partial charge in [-0.2, -0.15) is 0 Å². The maximum atomic E-state index is 6.11. The molecule has 1 aromatic carbocycles. The van der Waals surface area contributed by atoms with E-state index in [2.05, 4.69) is 19.1 Å². The number of ether oxygens (including phenoxy) is 3. The van der Waals surface area contributed by atoms with E-state index in [0.717, 1.165) is 30.5 Å². The fraction of sp³-hybridized carbons (Fsp3) is 0.450. The van der Waals surface area contributed by atoms with Crippen LogP contribution < -0.4 is 15.2 Å². The lowest BCUT2D eigenvalue weighted by Gasteiger charge is -2.40. The molecule has 1 unspecified atom stereocenters.